The van der Waals surface area contributed by atoms with Crippen LogP contribution in [0.15, 0.2) is 54.6 Å². The molecule has 0 spiro atoms. The lowest BCUT2D eigenvalue weighted by atomic mass is 10.0. The maximum absolute atomic E-state index is 11.8. The van der Waals surface area contributed by atoms with Gasteiger partial charge in [0.25, 0.3) is 0 Å². The molecule has 2 aromatic carbocycles. The van der Waals surface area contributed by atoms with Crippen molar-refractivity contribution in [1.82, 2.24) is 0 Å². The molecule has 0 heterocycles. The highest BCUT2D eigenvalue weighted by molar-refractivity contribution is 6.08. The van der Waals surface area contributed by atoms with Gasteiger partial charge in [0.15, 0.2) is 5.78 Å². The number of allylic oxidation sites excluding steroid dienone is 1. The van der Waals surface area contributed by atoms with Crippen molar-refractivity contribution in [3.8, 4) is 0 Å². The van der Waals surface area contributed by atoms with Crippen molar-refractivity contribution in [2.24, 2.45) is 0 Å². The Labute approximate surface area is 105 Å². The Morgan fingerprint density at radius 1 is 1.00 bits per heavy atom. The lowest BCUT2D eigenvalue weighted by molar-refractivity contribution is -0.134. The molecular formula is C15H12O3. The fourth-order valence-electron chi connectivity index (χ4n) is 1.65. The molecule has 0 aliphatic carbocycles. The summed E-state index contributed by atoms with van der Waals surface area (Å²) in [6, 6.07) is 13.2. The topological polar surface area (TPSA) is 43.4 Å². The molecule has 0 fully saturated rings. The Hall–Kier alpha value is -2.42. The minimum absolute atomic E-state index is 0.217. The molecule has 0 unspecified atom stereocenters. The number of rotatable bonds is 3. The van der Waals surface area contributed by atoms with Crippen molar-refractivity contribution >= 4 is 22.5 Å². The average Bonchev–Trinajstić information content (AvgIpc) is 2.43. The first-order valence-electron chi connectivity index (χ1n) is 5.50. The zero-order valence-corrected chi connectivity index (χ0v) is 9.92. The lowest BCUT2D eigenvalue weighted by Gasteiger charge is -2.00. The Bertz CT molecular complexity index is 626. The van der Waals surface area contributed by atoms with Gasteiger partial charge in [0.1, 0.15) is 0 Å². The van der Waals surface area contributed by atoms with Gasteiger partial charge in [0.05, 0.1) is 7.11 Å². The van der Waals surface area contributed by atoms with E-state index >= 15 is 0 Å². The van der Waals surface area contributed by atoms with Crippen LogP contribution in [0.1, 0.15) is 10.4 Å². The molecule has 2 aromatic rings. The molecule has 0 N–H and O–H groups in total. The second-order valence-electron chi connectivity index (χ2n) is 3.78. The van der Waals surface area contributed by atoms with Crippen molar-refractivity contribution < 1.29 is 14.3 Å². The van der Waals surface area contributed by atoms with Crippen molar-refractivity contribution in [3.63, 3.8) is 0 Å². The predicted octanol–water partition coefficient (Wildman–Crippen LogP) is 2.75. The van der Waals surface area contributed by atoms with Crippen molar-refractivity contribution in [2.45, 2.75) is 0 Å². The fourth-order valence-corrected chi connectivity index (χ4v) is 1.65. The molecular weight excluding hydrogens is 228 g/mol. The van der Waals surface area contributed by atoms with Crippen LogP contribution in [0.5, 0.6) is 0 Å². The second-order valence-corrected chi connectivity index (χ2v) is 3.78. The zero-order chi connectivity index (χ0) is 13.0. The Morgan fingerprint density at radius 2 is 1.72 bits per heavy atom. The molecule has 3 heteroatoms. The molecule has 0 bridgehead atoms. The van der Waals surface area contributed by atoms with E-state index in [1.165, 1.54) is 13.2 Å². The van der Waals surface area contributed by atoms with Crippen LogP contribution in [0.2, 0.25) is 0 Å². The number of ketones is 1. The molecule has 0 saturated carbocycles. The van der Waals surface area contributed by atoms with E-state index in [0.717, 1.165) is 16.8 Å². The summed E-state index contributed by atoms with van der Waals surface area (Å²) in [4.78, 5) is 22.7. The van der Waals surface area contributed by atoms with E-state index < -0.39 is 5.97 Å². The summed E-state index contributed by atoms with van der Waals surface area (Å²) in [5.74, 6) is -0.754. The smallest absolute Gasteiger partial charge is 0.330 e. The number of carbonyl (C=O) groups excluding carboxylic acids is 2. The summed E-state index contributed by atoms with van der Waals surface area (Å²) in [6.45, 7) is 0. The fraction of sp³-hybridized carbons (Fsp3) is 0.0667. The third-order valence-electron chi connectivity index (χ3n) is 2.61. The van der Waals surface area contributed by atoms with Gasteiger partial charge in [-0.3, -0.25) is 4.79 Å². The quantitative estimate of drug-likeness (QED) is 0.470. The standard InChI is InChI=1S/C15H12O3/c1-18-15(17)9-8-14(16)13-7-6-11-4-2-3-5-12(11)10-13/h2-10H,1H3/b9-8+. The molecule has 0 radical (unpaired) electrons. The molecule has 0 atom stereocenters. The summed E-state index contributed by atoms with van der Waals surface area (Å²) in [7, 11) is 1.27. The van der Waals surface area contributed by atoms with Gasteiger partial charge in [-0.25, -0.2) is 4.79 Å². The van der Waals surface area contributed by atoms with Crippen LogP contribution < -0.4 is 0 Å². The molecule has 0 aliphatic heterocycles. The monoisotopic (exact) mass is 240 g/mol. The molecule has 0 aromatic heterocycles. The third kappa shape index (κ3) is 2.63. The van der Waals surface area contributed by atoms with Gasteiger partial charge in [-0.1, -0.05) is 36.4 Å². The summed E-state index contributed by atoms with van der Waals surface area (Å²) in [5, 5.41) is 2.07. The van der Waals surface area contributed by atoms with E-state index in [-0.39, 0.29) is 5.78 Å². The highest BCUT2D eigenvalue weighted by atomic mass is 16.5. The molecule has 3 nitrogen and oxygen atoms in total. The first-order valence-corrected chi connectivity index (χ1v) is 5.50. The molecule has 18 heavy (non-hydrogen) atoms. The van der Waals surface area contributed by atoms with E-state index in [0.29, 0.717) is 5.56 Å². The maximum Gasteiger partial charge on any atom is 0.330 e. The average molecular weight is 240 g/mol. The number of hydrogen-bond donors (Lipinski definition) is 0. The van der Waals surface area contributed by atoms with E-state index in [2.05, 4.69) is 4.74 Å². The van der Waals surface area contributed by atoms with Crippen LogP contribution in [0.25, 0.3) is 10.8 Å². The van der Waals surface area contributed by atoms with Gasteiger partial charge >= 0.3 is 5.97 Å². The number of methoxy groups -OCH3 is 1. The van der Waals surface area contributed by atoms with Crippen molar-refractivity contribution in [2.75, 3.05) is 7.11 Å². The first-order chi connectivity index (χ1) is 8.70. The Kier molecular flexibility index (Phi) is 3.53. The Morgan fingerprint density at radius 3 is 2.44 bits per heavy atom. The second kappa shape index (κ2) is 5.27. The molecule has 2 rings (SSSR count). The van der Waals surface area contributed by atoms with E-state index in [1.807, 2.05) is 30.3 Å². The van der Waals surface area contributed by atoms with Crippen LogP contribution in [-0.2, 0) is 9.53 Å². The molecule has 0 saturated heterocycles. The van der Waals surface area contributed by atoms with Gasteiger partial charge in [-0.2, -0.15) is 0 Å². The summed E-state index contributed by atoms with van der Waals surface area (Å²) < 4.78 is 4.43. The summed E-state index contributed by atoms with van der Waals surface area (Å²) >= 11 is 0. The lowest BCUT2D eigenvalue weighted by Crippen LogP contribution is -1.98. The van der Waals surface area contributed by atoms with Crippen molar-refractivity contribution in [3.05, 3.63) is 60.2 Å². The van der Waals surface area contributed by atoms with Crippen LogP contribution in [-0.4, -0.2) is 18.9 Å². The van der Waals surface area contributed by atoms with Gasteiger partial charge in [0, 0.05) is 11.6 Å². The maximum atomic E-state index is 11.8. The van der Waals surface area contributed by atoms with Gasteiger partial charge in [-0.05, 0) is 22.9 Å². The third-order valence-corrected chi connectivity index (χ3v) is 2.61. The van der Waals surface area contributed by atoms with Gasteiger partial charge in [0.2, 0.25) is 0 Å². The van der Waals surface area contributed by atoms with Crippen LogP contribution in [0, 0.1) is 0 Å². The first kappa shape index (κ1) is 12.0. The summed E-state index contributed by atoms with van der Waals surface area (Å²) in [5.41, 5.74) is 0.550. The highest BCUT2D eigenvalue weighted by Gasteiger charge is 2.03. The van der Waals surface area contributed by atoms with Crippen LogP contribution in [0.4, 0.5) is 0 Å². The van der Waals surface area contributed by atoms with Crippen molar-refractivity contribution in [1.29, 1.82) is 0 Å². The molecule has 90 valence electrons. The van der Waals surface area contributed by atoms with Crippen LogP contribution in [0.3, 0.4) is 0 Å². The predicted molar refractivity (Wildman–Crippen MR) is 69.4 cm³/mol. The SMILES string of the molecule is COC(=O)/C=C/C(=O)c1ccc2ccccc2c1. The Balaban J connectivity index is 2.28. The van der Waals surface area contributed by atoms with Gasteiger partial charge in [-0.15, -0.1) is 0 Å². The normalized spacial score (nSPS) is 10.7. The van der Waals surface area contributed by atoms with E-state index in [9.17, 15) is 9.59 Å². The molecule has 0 amide bonds. The number of ether oxygens (including phenoxy) is 1. The van der Waals surface area contributed by atoms with E-state index in [4.69, 9.17) is 0 Å². The highest BCUT2D eigenvalue weighted by Crippen LogP contribution is 2.16. The largest absolute Gasteiger partial charge is 0.466 e. The number of hydrogen-bond acceptors (Lipinski definition) is 3. The number of benzene rings is 2. The van der Waals surface area contributed by atoms with Crippen LogP contribution >= 0.6 is 0 Å². The number of fused-ring (bicyclic) bond motifs is 1. The minimum Gasteiger partial charge on any atom is -0.466 e. The molecule has 0 aliphatic rings. The van der Waals surface area contributed by atoms with E-state index in [1.54, 1.807) is 12.1 Å². The minimum atomic E-state index is -0.538. The number of carbonyl (C=O) groups is 2. The summed E-state index contributed by atoms with van der Waals surface area (Å²) in [6.07, 6.45) is 2.34. The zero-order valence-electron chi connectivity index (χ0n) is 9.92. The number of esters is 1. The van der Waals surface area contributed by atoms with Gasteiger partial charge < -0.3 is 4.74 Å².